The van der Waals surface area contributed by atoms with Crippen molar-refractivity contribution in [2.45, 2.75) is 18.4 Å². The molecular weight excluding hydrogens is 284 g/mol. The number of rotatable bonds is 6. The molecule has 0 bridgehead atoms. The summed E-state index contributed by atoms with van der Waals surface area (Å²) in [6, 6.07) is 0. The maximum Gasteiger partial charge on any atom is 0.257 e. The Morgan fingerprint density at radius 2 is 2.21 bits per heavy atom. The highest BCUT2D eigenvalue weighted by molar-refractivity contribution is 7.99. The van der Waals surface area contributed by atoms with Gasteiger partial charge in [0.15, 0.2) is 5.03 Å². The van der Waals surface area contributed by atoms with Crippen LogP contribution in [-0.2, 0) is 16.4 Å². The molecule has 0 amide bonds. The Bertz CT molecular complexity index is 495. The van der Waals surface area contributed by atoms with Gasteiger partial charge in [-0.05, 0) is 0 Å². The van der Waals surface area contributed by atoms with Crippen LogP contribution in [-0.4, -0.2) is 61.0 Å². The van der Waals surface area contributed by atoms with E-state index in [9.17, 15) is 8.42 Å². The minimum Gasteiger partial charge on any atom is -0.332 e. The maximum absolute atomic E-state index is 12.0. The smallest absolute Gasteiger partial charge is 0.257 e. The van der Waals surface area contributed by atoms with Gasteiger partial charge in [0.1, 0.15) is 5.82 Å². The molecule has 1 fully saturated rings. The Hall–Kier alpha value is -0.570. The molecule has 19 heavy (non-hydrogen) atoms. The lowest BCUT2D eigenvalue weighted by Gasteiger charge is -2.25. The fraction of sp³-hybridized carbons (Fsp3) is 0.727. The molecule has 1 aliphatic rings. The molecule has 0 aromatic carbocycles. The van der Waals surface area contributed by atoms with Crippen LogP contribution in [0.3, 0.4) is 0 Å². The fourth-order valence-electron chi connectivity index (χ4n) is 1.90. The van der Waals surface area contributed by atoms with Gasteiger partial charge >= 0.3 is 0 Å². The second-order valence-corrected chi connectivity index (χ2v) is 7.36. The van der Waals surface area contributed by atoms with Crippen LogP contribution >= 0.6 is 11.8 Å². The average Bonchev–Trinajstić information content (AvgIpc) is 2.89. The van der Waals surface area contributed by atoms with E-state index in [1.165, 1.54) is 6.20 Å². The van der Waals surface area contributed by atoms with Crippen molar-refractivity contribution < 1.29 is 8.42 Å². The Kier molecular flexibility index (Phi) is 5.26. The predicted molar refractivity (Wildman–Crippen MR) is 76.9 cm³/mol. The monoisotopic (exact) mass is 304 g/mol. The number of aryl methyl sites for hydroxylation is 1. The first-order valence-corrected chi connectivity index (χ1v) is 9.09. The number of thioether (sulfide) groups is 1. The predicted octanol–water partition coefficient (Wildman–Crippen LogP) is 0.299. The highest BCUT2D eigenvalue weighted by atomic mass is 32.2. The lowest BCUT2D eigenvalue weighted by Crippen LogP contribution is -2.39. The number of hydrogen-bond donors (Lipinski definition) is 2. The number of imidazole rings is 1. The lowest BCUT2D eigenvalue weighted by molar-refractivity contribution is 0.307. The van der Waals surface area contributed by atoms with E-state index in [0.29, 0.717) is 18.8 Å². The summed E-state index contributed by atoms with van der Waals surface area (Å²) in [7, 11) is -3.45. The SMILES string of the molecule is CCc1ncc(S(=O)(=O)NCCN2CCSCC2)[nH]1. The number of nitrogens with zero attached hydrogens (tertiary/aromatic N) is 2. The molecule has 108 valence electrons. The average molecular weight is 304 g/mol. The zero-order valence-electron chi connectivity index (χ0n) is 11.1. The van der Waals surface area contributed by atoms with E-state index in [4.69, 9.17) is 0 Å². The molecule has 6 nitrogen and oxygen atoms in total. The second-order valence-electron chi connectivity index (χ2n) is 4.40. The van der Waals surface area contributed by atoms with Gasteiger partial charge in [-0.15, -0.1) is 0 Å². The molecule has 8 heteroatoms. The number of hydrogen-bond acceptors (Lipinski definition) is 5. The van der Waals surface area contributed by atoms with Crippen molar-refractivity contribution >= 4 is 21.8 Å². The third kappa shape index (κ3) is 4.20. The van der Waals surface area contributed by atoms with Crippen LogP contribution in [0, 0.1) is 0 Å². The van der Waals surface area contributed by atoms with Crippen molar-refractivity contribution in [1.29, 1.82) is 0 Å². The Morgan fingerprint density at radius 3 is 2.84 bits per heavy atom. The van der Waals surface area contributed by atoms with E-state index in [1.54, 1.807) is 0 Å². The summed E-state index contributed by atoms with van der Waals surface area (Å²) in [4.78, 5) is 9.11. The highest BCUT2D eigenvalue weighted by Gasteiger charge is 2.17. The van der Waals surface area contributed by atoms with Gasteiger partial charge in [-0.25, -0.2) is 18.1 Å². The van der Waals surface area contributed by atoms with Crippen molar-refractivity contribution in [3.05, 3.63) is 12.0 Å². The van der Waals surface area contributed by atoms with Gasteiger partial charge in [0.2, 0.25) is 0 Å². The minimum atomic E-state index is -3.45. The molecule has 2 N–H and O–H groups in total. The first-order valence-electron chi connectivity index (χ1n) is 6.45. The second kappa shape index (κ2) is 6.74. The zero-order chi connectivity index (χ0) is 13.7. The molecule has 0 unspecified atom stereocenters. The Labute approximate surface area is 118 Å². The van der Waals surface area contributed by atoms with Gasteiger partial charge < -0.3 is 9.88 Å². The summed E-state index contributed by atoms with van der Waals surface area (Å²) in [6.45, 7) is 5.20. The summed E-state index contributed by atoms with van der Waals surface area (Å²) in [6.07, 6.45) is 2.07. The standard InChI is InChI=1S/C11H20N4O2S2/c1-2-10-12-9-11(14-10)19(16,17)13-3-4-15-5-7-18-8-6-15/h9,13H,2-8H2,1H3,(H,12,14). The number of sulfonamides is 1. The van der Waals surface area contributed by atoms with Crippen molar-refractivity contribution in [2.75, 3.05) is 37.7 Å². The Morgan fingerprint density at radius 1 is 1.47 bits per heavy atom. The number of aromatic nitrogens is 2. The van der Waals surface area contributed by atoms with E-state index in [1.807, 2.05) is 18.7 Å². The van der Waals surface area contributed by atoms with Gasteiger partial charge in [-0.1, -0.05) is 6.92 Å². The summed E-state index contributed by atoms with van der Waals surface area (Å²) in [5.74, 6) is 2.95. The molecule has 0 atom stereocenters. The van der Waals surface area contributed by atoms with Crippen LogP contribution in [0.2, 0.25) is 0 Å². The summed E-state index contributed by atoms with van der Waals surface area (Å²) < 4.78 is 26.6. The minimum absolute atomic E-state index is 0.151. The van der Waals surface area contributed by atoms with Crippen LogP contribution in [0.1, 0.15) is 12.7 Å². The first kappa shape index (κ1) is 14.8. The van der Waals surface area contributed by atoms with E-state index in [0.717, 1.165) is 31.1 Å². The molecule has 2 rings (SSSR count). The molecule has 2 heterocycles. The molecule has 0 aliphatic carbocycles. The molecule has 0 spiro atoms. The first-order chi connectivity index (χ1) is 9.12. The third-order valence-corrected chi connectivity index (χ3v) is 5.37. The zero-order valence-corrected chi connectivity index (χ0v) is 12.7. The van der Waals surface area contributed by atoms with Crippen LogP contribution in [0.4, 0.5) is 0 Å². The van der Waals surface area contributed by atoms with Gasteiger partial charge in [0.05, 0.1) is 6.20 Å². The summed E-state index contributed by atoms with van der Waals surface area (Å²) in [5.41, 5.74) is 0. The van der Waals surface area contributed by atoms with Crippen LogP contribution in [0.25, 0.3) is 0 Å². The molecule has 0 saturated carbocycles. The van der Waals surface area contributed by atoms with E-state index >= 15 is 0 Å². The number of nitrogens with one attached hydrogen (secondary N) is 2. The fourth-order valence-corrected chi connectivity index (χ4v) is 3.84. The lowest BCUT2D eigenvalue weighted by atomic mass is 10.5. The molecule has 1 aromatic rings. The van der Waals surface area contributed by atoms with Crippen molar-refractivity contribution in [3.8, 4) is 0 Å². The van der Waals surface area contributed by atoms with Crippen LogP contribution < -0.4 is 4.72 Å². The molecule has 1 saturated heterocycles. The highest BCUT2D eigenvalue weighted by Crippen LogP contribution is 2.09. The topological polar surface area (TPSA) is 78.1 Å². The van der Waals surface area contributed by atoms with Crippen LogP contribution in [0.15, 0.2) is 11.2 Å². The van der Waals surface area contributed by atoms with Crippen molar-refractivity contribution in [2.24, 2.45) is 0 Å². The quantitative estimate of drug-likeness (QED) is 0.790. The van der Waals surface area contributed by atoms with E-state index < -0.39 is 10.0 Å². The van der Waals surface area contributed by atoms with Gasteiger partial charge in [0, 0.05) is 44.1 Å². The van der Waals surface area contributed by atoms with Gasteiger partial charge in [-0.2, -0.15) is 11.8 Å². The summed E-state index contributed by atoms with van der Waals surface area (Å²) in [5, 5.41) is 0.151. The normalized spacial score (nSPS) is 17.7. The maximum atomic E-state index is 12.0. The van der Waals surface area contributed by atoms with E-state index in [-0.39, 0.29) is 5.03 Å². The van der Waals surface area contributed by atoms with E-state index in [2.05, 4.69) is 19.6 Å². The van der Waals surface area contributed by atoms with Gasteiger partial charge in [-0.3, -0.25) is 0 Å². The molecule has 1 aromatic heterocycles. The third-order valence-electron chi connectivity index (χ3n) is 3.05. The number of H-pyrrole nitrogens is 1. The van der Waals surface area contributed by atoms with Crippen molar-refractivity contribution in [1.82, 2.24) is 19.6 Å². The van der Waals surface area contributed by atoms with Crippen molar-refractivity contribution in [3.63, 3.8) is 0 Å². The summed E-state index contributed by atoms with van der Waals surface area (Å²) >= 11 is 1.95. The Balaban J connectivity index is 1.83. The number of aromatic amines is 1. The van der Waals surface area contributed by atoms with Gasteiger partial charge in [0.25, 0.3) is 10.0 Å². The molecular formula is C11H20N4O2S2. The molecule has 1 aliphatic heterocycles. The largest absolute Gasteiger partial charge is 0.332 e. The van der Waals surface area contributed by atoms with Crippen LogP contribution in [0.5, 0.6) is 0 Å². The molecule has 0 radical (unpaired) electrons.